The van der Waals surface area contributed by atoms with Gasteiger partial charge in [-0.25, -0.2) is 4.79 Å². The molecule has 0 bridgehead atoms. The average molecular weight is 465 g/mol. The molecule has 9 heteroatoms. The molecule has 0 saturated carbocycles. The fraction of sp³-hybridized carbons (Fsp3) is 0.304. The van der Waals surface area contributed by atoms with Crippen molar-refractivity contribution >= 4 is 17.3 Å². The number of aryl methyl sites for hydroxylation is 2. The largest absolute Gasteiger partial charge is 0.488 e. The Morgan fingerprint density at radius 3 is 2.47 bits per heavy atom. The Bertz CT molecular complexity index is 1090. The first kappa shape index (κ1) is 23.6. The van der Waals surface area contributed by atoms with Gasteiger partial charge in [0.1, 0.15) is 23.8 Å². The van der Waals surface area contributed by atoms with Crippen molar-refractivity contribution in [3.63, 3.8) is 0 Å². The topological polar surface area (TPSA) is 68.7 Å². The molecule has 3 rings (SSSR count). The molecule has 0 saturated heterocycles. The van der Waals surface area contributed by atoms with Crippen LogP contribution in [0.25, 0.3) is 10.4 Å². The van der Waals surface area contributed by atoms with Crippen LogP contribution in [-0.4, -0.2) is 22.2 Å². The van der Waals surface area contributed by atoms with E-state index in [0.717, 1.165) is 26.9 Å². The molecular formula is C23H22F3NO4S. The van der Waals surface area contributed by atoms with Gasteiger partial charge in [0, 0.05) is 21.5 Å². The summed E-state index contributed by atoms with van der Waals surface area (Å²) in [6.45, 7) is 5.75. The van der Waals surface area contributed by atoms with E-state index >= 15 is 0 Å². The number of halogens is 3. The van der Waals surface area contributed by atoms with E-state index in [2.05, 4.69) is 4.98 Å². The highest BCUT2D eigenvalue weighted by Gasteiger charge is 2.32. The SMILES string of the molecule is CCC(Oc1ccc(OCc2sc(-c3ccc(C(F)(F)F)nc3)cc2C)cc1C)C(=O)O. The molecule has 1 N–H and O–H groups in total. The maximum absolute atomic E-state index is 12.7. The molecule has 5 nitrogen and oxygen atoms in total. The molecule has 0 fully saturated rings. The minimum Gasteiger partial charge on any atom is -0.488 e. The zero-order valence-electron chi connectivity index (χ0n) is 17.7. The highest BCUT2D eigenvalue weighted by Crippen LogP contribution is 2.34. The minimum absolute atomic E-state index is 0.289. The van der Waals surface area contributed by atoms with Crippen molar-refractivity contribution in [2.24, 2.45) is 0 Å². The van der Waals surface area contributed by atoms with Gasteiger partial charge in [-0.05, 0) is 67.8 Å². The van der Waals surface area contributed by atoms with Crippen molar-refractivity contribution in [1.29, 1.82) is 0 Å². The number of pyridine rings is 1. The summed E-state index contributed by atoms with van der Waals surface area (Å²) in [5, 5.41) is 9.15. The summed E-state index contributed by atoms with van der Waals surface area (Å²) < 4.78 is 49.6. The Kier molecular flexibility index (Phi) is 7.08. The number of carbonyl (C=O) groups is 1. The number of thiophene rings is 1. The monoisotopic (exact) mass is 465 g/mol. The first-order valence-electron chi connectivity index (χ1n) is 9.84. The van der Waals surface area contributed by atoms with Gasteiger partial charge in [-0.2, -0.15) is 13.2 Å². The van der Waals surface area contributed by atoms with E-state index in [4.69, 9.17) is 14.6 Å². The average Bonchev–Trinajstić information content (AvgIpc) is 3.11. The summed E-state index contributed by atoms with van der Waals surface area (Å²) in [7, 11) is 0. The van der Waals surface area contributed by atoms with Crippen molar-refractivity contribution in [1.82, 2.24) is 4.98 Å². The lowest BCUT2D eigenvalue weighted by Crippen LogP contribution is -2.26. The normalized spacial score (nSPS) is 12.4. The molecule has 0 aliphatic carbocycles. The Morgan fingerprint density at radius 2 is 1.91 bits per heavy atom. The molecular weight excluding hydrogens is 443 g/mol. The van der Waals surface area contributed by atoms with Gasteiger partial charge >= 0.3 is 12.1 Å². The molecule has 0 aliphatic heterocycles. The van der Waals surface area contributed by atoms with Crippen molar-refractivity contribution in [3.8, 4) is 21.9 Å². The van der Waals surface area contributed by atoms with Crippen LogP contribution in [0.2, 0.25) is 0 Å². The number of ether oxygens (including phenoxy) is 2. The van der Waals surface area contributed by atoms with Crippen LogP contribution < -0.4 is 9.47 Å². The molecule has 32 heavy (non-hydrogen) atoms. The van der Waals surface area contributed by atoms with Crippen LogP contribution in [0, 0.1) is 13.8 Å². The standard InChI is InChI=1S/C23H22F3NO4S/c1-4-17(22(28)29)31-18-7-6-16(9-13(18)2)30-12-20-14(3)10-19(32-20)15-5-8-21(27-11-15)23(24,25)26/h5-11,17H,4,12H2,1-3H3,(H,28,29). The van der Waals surface area contributed by atoms with Crippen molar-refractivity contribution < 1.29 is 32.5 Å². The molecule has 0 spiro atoms. The maximum Gasteiger partial charge on any atom is 0.433 e. The van der Waals surface area contributed by atoms with Gasteiger partial charge in [0.15, 0.2) is 6.10 Å². The Morgan fingerprint density at radius 1 is 1.16 bits per heavy atom. The van der Waals surface area contributed by atoms with Gasteiger partial charge in [-0.1, -0.05) is 6.92 Å². The molecule has 1 aromatic carbocycles. The molecule has 2 aromatic heterocycles. The summed E-state index contributed by atoms with van der Waals surface area (Å²) in [5.74, 6) is 0.0687. The smallest absolute Gasteiger partial charge is 0.433 e. The third kappa shape index (κ3) is 5.59. The predicted octanol–water partition coefficient (Wildman–Crippen LogP) is 6.27. The highest BCUT2D eigenvalue weighted by molar-refractivity contribution is 7.15. The van der Waals surface area contributed by atoms with E-state index in [9.17, 15) is 18.0 Å². The van der Waals surface area contributed by atoms with Crippen LogP contribution >= 0.6 is 11.3 Å². The third-order valence-electron chi connectivity index (χ3n) is 4.79. The van der Waals surface area contributed by atoms with E-state index in [1.165, 1.54) is 23.6 Å². The Hall–Kier alpha value is -3.07. The second kappa shape index (κ2) is 9.60. The lowest BCUT2D eigenvalue weighted by atomic mass is 10.2. The molecule has 2 heterocycles. The summed E-state index contributed by atoms with van der Waals surface area (Å²) in [5.41, 5.74) is 1.41. The van der Waals surface area contributed by atoms with Crippen LogP contribution in [-0.2, 0) is 17.6 Å². The van der Waals surface area contributed by atoms with Crippen LogP contribution in [0.15, 0.2) is 42.6 Å². The Labute approximate surface area is 187 Å². The number of hydrogen-bond acceptors (Lipinski definition) is 5. The van der Waals surface area contributed by atoms with E-state index < -0.39 is 23.9 Å². The number of carboxylic acids is 1. The van der Waals surface area contributed by atoms with Gasteiger partial charge < -0.3 is 14.6 Å². The quantitative estimate of drug-likeness (QED) is 0.425. The molecule has 1 unspecified atom stereocenters. The maximum atomic E-state index is 12.7. The number of alkyl halides is 3. The first-order valence-corrected chi connectivity index (χ1v) is 10.7. The summed E-state index contributed by atoms with van der Waals surface area (Å²) in [6.07, 6.45) is -3.80. The zero-order valence-corrected chi connectivity index (χ0v) is 18.5. The lowest BCUT2D eigenvalue weighted by molar-refractivity contribution is -0.145. The zero-order chi connectivity index (χ0) is 23.5. The number of rotatable bonds is 8. The van der Waals surface area contributed by atoms with Gasteiger partial charge in [-0.15, -0.1) is 11.3 Å². The van der Waals surface area contributed by atoms with Crippen LogP contribution in [0.1, 0.15) is 35.0 Å². The fourth-order valence-electron chi connectivity index (χ4n) is 2.97. The van der Waals surface area contributed by atoms with Gasteiger partial charge in [0.05, 0.1) is 0 Å². The second-order valence-electron chi connectivity index (χ2n) is 7.22. The number of aromatic nitrogens is 1. The number of carboxylic acid groups (broad SMARTS) is 1. The van der Waals surface area contributed by atoms with Crippen molar-refractivity contribution in [3.05, 3.63) is 64.3 Å². The summed E-state index contributed by atoms with van der Waals surface area (Å²) >= 11 is 1.43. The lowest BCUT2D eigenvalue weighted by Gasteiger charge is -2.16. The number of benzene rings is 1. The van der Waals surface area contributed by atoms with Gasteiger partial charge in [0.2, 0.25) is 0 Å². The molecule has 0 radical (unpaired) electrons. The highest BCUT2D eigenvalue weighted by atomic mass is 32.1. The van der Waals surface area contributed by atoms with Crippen LogP contribution in [0.5, 0.6) is 11.5 Å². The second-order valence-corrected chi connectivity index (χ2v) is 8.35. The number of hydrogen-bond donors (Lipinski definition) is 1. The van der Waals surface area contributed by atoms with Gasteiger partial charge in [-0.3, -0.25) is 4.98 Å². The molecule has 0 amide bonds. The summed E-state index contributed by atoms with van der Waals surface area (Å²) in [6, 6.07) is 9.44. The summed E-state index contributed by atoms with van der Waals surface area (Å²) in [4.78, 5) is 16.4. The number of nitrogens with zero attached hydrogens (tertiary/aromatic N) is 1. The van der Waals surface area contributed by atoms with E-state index in [1.807, 2.05) is 19.9 Å². The van der Waals surface area contributed by atoms with Crippen LogP contribution in [0.4, 0.5) is 13.2 Å². The molecule has 170 valence electrons. The molecule has 1 atom stereocenters. The minimum atomic E-state index is -4.47. The molecule has 0 aliphatic rings. The van der Waals surface area contributed by atoms with Crippen molar-refractivity contribution in [2.45, 2.75) is 46.1 Å². The van der Waals surface area contributed by atoms with Crippen molar-refractivity contribution in [2.75, 3.05) is 0 Å². The fourth-order valence-corrected chi connectivity index (χ4v) is 4.04. The van der Waals surface area contributed by atoms with E-state index in [-0.39, 0.29) is 6.61 Å². The van der Waals surface area contributed by atoms with Gasteiger partial charge in [0.25, 0.3) is 0 Å². The third-order valence-corrected chi connectivity index (χ3v) is 6.05. The van der Waals surface area contributed by atoms with E-state index in [0.29, 0.717) is 23.5 Å². The predicted molar refractivity (Wildman–Crippen MR) is 115 cm³/mol. The Balaban J connectivity index is 1.68. The molecule has 3 aromatic rings. The van der Waals surface area contributed by atoms with Crippen LogP contribution in [0.3, 0.4) is 0 Å². The number of aliphatic carboxylic acids is 1. The first-order chi connectivity index (χ1) is 15.1. The van der Waals surface area contributed by atoms with E-state index in [1.54, 1.807) is 25.1 Å².